The predicted octanol–water partition coefficient (Wildman–Crippen LogP) is 3.31. The zero-order chi connectivity index (χ0) is 22.0. The molecule has 2 aromatic heterocycles. The van der Waals surface area contributed by atoms with Gasteiger partial charge in [0.1, 0.15) is 23.2 Å². The largest absolute Gasteiger partial charge is 0.489 e. The zero-order valence-corrected chi connectivity index (χ0v) is 18.3. The van der Waals surface area contributed by atoms with E-state index in [1.165, 1.54) is 9.13 Å². The van der Waals surface area contributed by atoms with E-state index in [0.717, 1.165) is 18.4 Å². The van der Waals surface area contributed by atoms with E-state index in [1.54, 1.807) is 13.0 Å². The first kappa shape index (κ1) is 21.4. The third-order valence-electron chi connectivity index (χ3n) is 5.36. The van der Waals surface area contributed by atoms with Gasteiger partial charge in [-0.05, 0) is 37.6 Å². The summed E-state index contributed by atoms with van der Waals surface area (Å²) in [5.74, 6) is 1.14. The fourth-order valence-electron chi connectivity index (χ4n) is 3.69. The Labute approximate surface area is 184 Å². The van der Waals surface area contributed by atoms with Crippen LogP contribution in [0.25, 0.3) is 23.3 Å². The monoisotopic (exact) mass is 444 g/mol. The smallest absolute Gasteiger partial charge is 0.332 e. The number of hydrogen-bond donors (Lipinski definition) is 1. The molecule has 0 saturated carbocycles. The highest BCUT2D eigenvalue weighted by Gasteiger charge is 2.17. The number of aromatic amines is 1. The number of H-pyrrole nitrogens is 1. The second kappa shape index (κ2) is 9.11. The van der Waals surface area contributed by atoms with Gasteiger partial charge < -0.3 is 14.5 Å². The molecule has 4 rings (SSSR count). The Morgan fingerprint density at radius 1 is 1.19 bits per heavy atom. The first-order valence-electron chi connectivity index (χ1n) is 10.5. The summed E-state index contributed by atoms with van der Waals surface area (Å²) in [6, 6.07) is 5.58. The van der Waals surface area contributed by atoms with Gasteiger partial charge in [0.05, 0.1) is 18.2 Å². The van der Waals surface area contributed by atoms with Gasteiger partial charge in [0, 0.05) is 25.9 Å². The van der Waals surface area contributed by atoms with Gasteiger partial charge in [0.2, 0.25) is 0 Å². The molecule has 1 N–H and O–H groups in total. The maximum atomic E-state index is 12.6. The van der Waals surface area contributed by atoms with Crippen molar-refractivity contribution in [3.63, 3.8) is 0 Å². The minimum atomic E-state index is -0.364. The lowest BCUT2D eigenvalue weighted by molar-refractivity contribution is 0.0256. The Balaban J connectivity index is 1.59. The highest BCUT2D eigenvalue weighted by Crippen LogP contribution is 2.28. The second-order valence-electron chi connectivity index (χ2n) is 7.35. The molecule has 0 radical (unpaired) electrons. The number of ether oxygens (including phenoxy) is 2. The van der Waals surface area contributed by atoms with Crippen molar-refractivity contribution in [2.75, 3.05) is 13.2 Å². The van der Waals surface area contributed by atoms with Crippen molar-refractivity contribution >= 4 is 34.9 Å². The molecule has 9 heteroatoms. The van der Waals surface area contributed by atoms with E-state index in [9.17, 15) is 9.59 Å². The predicted molar refractivity (Wildman–Crippen MR) is 121 cm³/mol. The van der Waals surface area contributed by atoms with Crippen LogP contribution in [0.15, 0.2) is 27.8 Å². The highest BCUT2D eigenvalue weighted by molar-refractivity contribution is 6.32. The van der Waals surface area contributed by atoms with Crippen LogP contribution in [0.2, 0.25) is 5.02 Å². The summed E-state index contributed by atoms with van der Waals surface area (Å²) in [7, 11) is 0. The molecule has 0 bridgehead atoms. The van der Waals surface area contributed by atoms with Crippen LogP contribution < -0.4 is 16.0 Å². The molecule has 0 unspecified atom stereocenters. The zero-order valence-electron chi connectivity index (χ0n) is 17.6. The maximum Gasteiger partial charge on any atom is 0.332 e. The maximum absolute atomic E-state index is 12.6. The molecule has 0 spiro atoms. The van der Waals surface area contributed by atoms with E-state index >= 15 is 0 Å². The third kappa shape index (κ3) is 4.31. The lowest BCUT2D eigenvalue weighted by atomic mass is 10.1. The Morgan fingerprint density at radius 3 is 2.61 bits per heavy atom. The molecule has 0 amide bonds. The van der Waals surface area contributed by atoms with Gasteiger partial charge >= 0.3 is 5.69 Å². The van der Waals surface area contributed by atoms with Crippen molar-refractivity contribution in [3.05, 3.63) is 55.4 Å². The van der Waals surface area contributed by atoms with Crippen LogP contribution in [0.3, 0.4) is 0 Å². The average molecular weight is 445 g/mol. The van der Waals surface area contributed by atoms with Crippen LogP contribution in [-0.2, 0) is 17.8 Å². The van der Waals surface area contributed by atoms with Crippen LogP contribution in [-0.4, -0.2) is 38.4 Å². The van der Waals surface area contributed by atoms with Gasteiger partial charge in [0.15, 0.2) is 5.65 Å². The van der Waals surface area contributed by atoms with Gasteiger partial charge in [-0.1, -0.05) is 23.7 Å². The molecule has 1 saturated heterocycles. The van der Waals surface area contributed by atoms with Gasteiger partial charge in [0.25, 0.3) is 5.56 Å². The SMILES string of the molecule is CCn1c(=O)c2[nH]c(/C=C/c3ccc(OC4CCOCC4)c(Cl)c3)nc2n(CC)c1=O. The first-order valence-corrected chi connectivity index (χ1v) is 10.8. The summed E-state index contributed by atoms with van der Waals surface area (Å²) in [5, 5.41) is 0.531. The number of aryl methyl sites for hydroxylation is 1. The van der Waals surface area contributed by atoms with Crippen LogP contribution >= 0.6 is 11.6 Å². The topological polar surface area (TPSA) is 91.1 Å². The number of rotatable bonds is 6. The fraction of sp³-hybridized carbons (Fsp3) is 0.409. The Morgan fingerprint density at radius 2 is 1.94 bits per heavy atom. The fourth-order valence-corrected chi connectivity index (χ4v) is 3.93. The number of hydrogen-bond acceptors (Lipinski definition) is 5. The quantitative estimate of drug-likeness (QED) is 0.629. The molecule has 8 nitrogen and oxygen atoms in total. The Kier molecular flexibility index (Phi) is 6.29. The average Bonchev–Trinajstić information content (AvgIpc) is 3.20. The van der Waals surface area contributed by atoms with E-state index in [1.807, 2.05) is 31.2 Å². The second-order valence-corrected chi connectivity index (χ2v) is 7.76. The van der Waals surface area contributed by atoms with Gasteiger partial charge in [-0.25, -0.2) is 9.78 Å². The molecule has 3 aromatic rings. The molecule has 1 aromatic carbocycles. The Bertz CT molecular complexity index is 1230. The molecule has 1 aliphatic rings. The number of nitrogens with one attached hydrogen (secondary N) is 1. The molecular formula is C22H25ClN4O4. The number of halogens is 1. The summed E-state index contributed by atoms with van der Waals surface area (Å²) in [6.07, 6.45) is 5.42. The van der Waals surface area contributed by atoms with Gasteiger partial charge in [-0.2, -0.15) is 0 Å². The van der Waals surface area contributed by atoms with Crippen molar-refractivity contribution in [1.29, 1.82) is 0 Å². The lowest BCUT2D eigenvalue weighted by Crippen LogP contribution is -2.39. The molecule has 1 fully saturated rings. The summed E-state index contributed by atoms with van der Waals surface area (Å²) < 4.78 is 14.0. The molecule has 164 valence electrons. The highest BCUT2D eigenvalue weighted by atomic mass is 35.5. The number of nitrogens with zero attached hydrogens (tertiary/aromatic N) is 3. The van der Waals surface area contributed by atoms with Crippen molar-refractivity contribution < 1.29 is 9.47 Å². The molecule has 3 heterocycles. The van der Waals surface area contributed by atoms with Crippen molar-refractivity contribution in [2.45, 2.75) is 45.9 Å². The minimum absolute atomic E-state index is 0.117. The van der Waals surface area contributed by atoms with E-state index in [-0.39, 0.29) is 17.4 Å². The van der Waals surface area contributed by atoms with E-state index in [0.29, 0.717) is 54.1 Å². The Hall–Kier alpha value is -2.84. The molecule has 31 heavy (non-hydrogen) atoms. The number of imidazole rings is 1. The van der Waals surface area contributed by atoms with Gasteiger partial charge in [-0.3, -0.25) is 13.9 Å². The number of benzene rings is 1. The first-order chi connectivity index (χ1) is 15.0. The number of aromatic nitrogens is 4. The standard InChI is InChI=1S/C22H25ClN4O4/c1-3-26-20-19(21(28)27(4-2)22(26)29)24-18(25-20)8-6-14-5-7-17(16(23)13-14)31-15-9-11-30-12-10-15/h5-8,13,15H,3-4,9-12H2,1-2H3,(H,24,25)/b8-6+. The number of fused-ring (bicyclic) bond motifs is 1. The van der Waals surface area contributed by atoms with Crippen LogP contribution in [0.1, 0.15) is 38.1 Å². The van der Waals surface area contributed by atoms with E-state index in [4.69, 9.17) is 21.1 Å². The summed E-state index contributed by atoms with van der Waals surface area (Å²) in [5.41, 5.74) is 0.832. The van der Waals surface area contributed by atoms with Crippen LogP contribution in [0.4, 0.5) is 0 Å². The van der Waals surface area contributed by atoms with Crippen molar-refractivity contribution in [1.82, 2.24) is 19.1 Å². The normalized spacial score (nSPS) is 15.2. The van der Waals surface area contributed by atoms with Crippen molar-refractivity contribution in [2.24, 2.45) is 0 Å². The summed E-state index contributed by atoms with van der Waals surface area (Å²) in [4.78, 5) is 32.6. The molecule has 0 aliphatic carbocycles. The van der Waals surface area contributed by atoms with E-state index in [2.05, 4.69) is 9.97 Å². The molecule has 1 aliphatic heterocycles. The van der Waals surface area contributed by atoms with Crippen molar-refractivity contribution in [3.8, 4) is 5.75 Å². The van der Waals surface area contributed by atoms with Crippen LogP contribution in [0, 0.1) is 0 Å². The summed E-state index contributed by atoms with van der Waals surface area (Å²) in [6.45, 7) is 5.75. The lowest BCUT2D eigenvalue weighted by Gasteiger charge is -2.23. The van der Waals surface area contributed by atoms with Gasteiger partial charge in [-0.15, -0.1) is 0 Å². The van der Waals surface area contributed by atoms with E-state index < -0.39 is 0 Å². The third-order valence-corrected chi connectivity index (χ3v) is 5.66. The minimum Gasteiger partial charge on any atom is -0.489 e. The molecular weight excluding hydrogens is 420 g/mol. The van der Waals surface area contributed by atoms with Crippen LogP contribution in [0.5, 0.6) is 5.75 Å². The molecule has 0 atom stereocenters. The summed E-state index contributed by atoms with van der Waals surface area (Å²) >= 11 is 6.41.